The Hall–Kier alpha value is -2.14. The number of thiophene rings is 1. The maximum Gasteiger partial charge on any atom is 0.228 e. The lowest BCUT2D eigenvalue weighted by Gasteiger charge is -2.29. The Balaban J connectivity index is 1.61. The molecule has 2 heterocycles. The number of rotatable bonds is 6. The van der Waals surface area contributed by atoms with E-state index in [1.807, 2.05) is 17.9 Å². The van der Waals surface area contributed by atoms with Crippen LogP contribution in [0.1, 0.15) is 44.6 Å². The number of hydrogen-bond acceptors (Lipinski definition) is 3. The van der Waals surface area contributed by atoms with Crippen molar-refractivity contribution in [2.24, 2.45) is 11.3 Å². The summed E-state index contributed by atoms with van der Waals surface area (Å²) in [6, 6.07) is 12.6. The second-order valence-corrected chi connectivity index (χ2v) is 9.39. The molecule has 1 aliphatic heterocycles. The van der Waals surface area contributed by atoms with Crippen LogP contribution in [0.15, 0.2) is 41.8 Å². The van der Waals surface area contributed by atoms with Gasteiger partial charge in [0.2, 0.25) is 11.8 Å². The van der Waals surface area contributed by atoms with E-state index in [4.69, 9.17) is 0 Å². The van der Waals surface area contributed by atoms with Gasteiger partial charge in [-0.25, -0.2) is 0 Å². The van der Waals surface area contributed by atoms with Crippen LogP contribution in [0.25, 0.3) is 10.4 Å². The Morgan fingerprint density at radius 1 is 1.17 bits per heavy atom. The molecule has 1 aromatic carbocycles. The van der Waals surface area contributed by atoms with Crippen molar-refractivity contribution < 1.29 is 9.59 Å². The minimum atomic E-state index is -0.544. The maximum atomic E-state index is 13.2. The van der Waals surface area contributed by atoms with Crippen LogP contribution in [0.4, 0.5) is 0 Å². The van der Waals surface area contributed by atoms with Crippen molar-refractivity contribution >= 4 is 23.2 Å². The molecular weight excluding hydrogens is 380 g/mol. The van der Waals surface area contributed by atoms with Crippen molar-refractivity contribution in [3.63, 3.8) is 0 Å². The van der Waals surface area contributed by atoms with Gasteiger partial charge in [-0.15, -0.1) is 11.3 Å². The lowest BCUT2D eigenvalue weighted by molar-refractivity contribution is -0.136. The summed E-state index contributed by atoms with van der Waals surface area (Å²) in [5.41, 5.74) is 1.85. The van der Waals surface area contributed by atoms with E-state index in [1.165, 1.54) is 16.0 Å². The van der Waals surface area contributed by atoms with Crippen LogP contribution in [0.2, 0.25) is 0 Å². The van der Waals surface area contributed by atoms with Gasteiger partial charge in [0.05, 0.1) is 5.41 Å². The number of likely N-dealkylation sites (tertiary alicyclic amines) is 1. The summed E-state index contributed by atoms with van der Waals surface area (Å²) in [7, 11) is 0. The van der Waals surface area contributed by atoms with Crippen LogP contribution in [-0.2, 0) is 16.0 Å². The molecule has 2 aliphatic rings. The molecule has 4 nitrogen and oxygen atoms in total. The van der Waals surface area contributed by atoms with Gasteiger partial charge in [0, 0.05) is 30.4 Å². The summed E-state index contributed by atoms with van der Waals surface area (Å²) in [6.07, 6.45) is 5.71. The Bertz CT molecular complexity index is 858. The summed E-state index contributed by atoms with van der Waals surface area (Å²) in [6.45, 7) is 3.80. The average molecular weight is 411 g/mol. The number of hydrogen-bond donors (Lipinski definition) is 1. The fraction of sp³-hybridized carbons (Fsp3) is 0.500. The number of carbonyl (C=O) groups is 2. The number of nitrogens with zero attached hydrogens (tertiary/aromatic N) is 1. The summed E-state index contributed by atoms with van der Waals surface area (Å²) in [5.74, 6) is 0.515. The molecule has 1 aliphatic carbocycles. The molecule has 0 spiro atoms. The number of nitrogens with one attached hydrogen (secondary N) is 1. The van der Waals surface area contributed by atoms with Gasteiger partial charge in [-0.1, -0.05) is 43.2 Å². The highest BCUT2D eigenvalue weighted by molar-refractivity contribution is 7.13. The lowest BCUT2D eigenvalue weighted by atomic mass is 9.78. The molecule has 5 heteroatoms. The monoisotopic (exact) mass is 410 g/mol. The topological polar surface area (TPSA) is 49.4 Å². The van der Waals surface area contributed by atoms with Crippen molar-refractivity contribution in [3.05, 3.63) is 47.3 Å². The van der Waals surface area contributed by atoms with E-state index in [9.17, 15) is 9.59 Å². The first-order chi connectivity index (χ1) is 14.1. The van der Waals surface area contributed by atoms with Crippen LogP contribution < -0.4 is 5.32 Å². The summed E-state index contributed by atoms with van der Waals surface area (Å²) < 4.78 is 0. The van der Waals surface area contributed by atoms with Gasteiger partial charge in [-0.3, -0.25) is 9.59 Å². The molecule has 1 saturated carbocycles. The van der Waals surface area contributed by atoms with Gasteiger partial charge in [-0.2, -0.15) is 0 Å². The fourth-order valence-electron chi connectivity index (χ4n) is 4.96. The van der Waals surface area contributed by atoms with Gasteiger partial charge in [0.15, 0.2) is 0 Å². The molecular formula is C24H30N2O2S. The molecule has 2 aromatic rings. The van der Waals surface area contributed by atoms with Crippen molar-refractivity contribution in [3.8, 4) is 10.4 Å². The molecule has 1 N–H and O–H groups in total. The van der Waals surface area contributed by atoms with Gasteiger partial charge in [-0.05, 0) is 55.2 Å². The van der Waals surface area contributed by atoms with Gasteiger partial charge < -0.3 is 10.2 Å². The molecule has 2 fully saturated rings. The van der Waals surface area contributed by atoms with Crippen molar-refractivity contribution in [1.29, 1.82) is 0 Å². The van der Waals surface area contributed by atoms with E-state index in [0.29, 0.717) is 26.1 Å². The third-order valence-corrected chi connectivity index (χ3v) is 7.42. The SMILES string of the molecule is CCNC(=O)[C@@]1(Cc2ccccc2-c2cccs2)CCN(C(=O)C2CCCC2)C1. The number of amides is 2. The Kier molecular flexibility index (Phi) is 6.04. The third kappa shape index (κ3) is 4.11. The van der Waals surface area contributed by atoms with Gasteiger partial charge in [0.25, 0.3) is 0 Å². The molecule has 2 amide bonds. The van der Waals surface area contributed by atoms with Crippen molar-refractivity contribution in [2.75, 3.05) is 19.6 Å². The first-order valence-corrected chi connectivity index (χ1v) is 11.7. The van der Waals surface area contributed by atoms with E-state index in [-0.39, 0.29) is 17.7 Å². The van der Waals surface area contributed by atoms with E-state index in [0.717, 1.165) is 32.1 Å². The zero-order chi connectivity index (χ0) is 20.3. The molecule has 1 saturated heterocycles. The average Bonchev–Trinajstić information content (AvgIpc) is 3.50. The minimum absolute atomic E-state index is 0.0858. The smallest absolute Gasteiger partial charge is 0.228 e. The van der Waals surface area contributed by atoms with Crippen LogP contribution in [-0.4, -0.2) is 36.3 Å². The van der Waals surface area contributed by atoms with Crippen LogP contribution in [0.3, 0.4) is 0 Å². The summed E-state index contributed by atoms with van der Waals surface area (Å²) in [5, 5.41) is 5.14. The van der Waals surface area contributed by atoms with Crippen LogP contribution >= 0.6 is 11.3 Å². The van der Waals surface area contributed by atoms with Crippen LogP contribution in [0.5, 0.6) is 0 Å². The fourth-order valence-corrected chi connectivity index (χ4v) is 5.75. The molecule has 154 valence electrons. The second kappa shape index (κ2) is 8.70. The van der Waals surface area contributed by atoms with Crippen molar-refractivity contribution in [2.45, 2.75) is 45.4 Å². The van der Waals surface area contributed by atoms with E-state index >= 15 is 0 Å². The number of benzene rings is 1. The third-order valence-electron chi connectivity index (χ3n) is 6.52. The number of carbonyl (C=O) groups excluding carboxylic acids is 2. The first kappa shape index (κ1) is 20.1. The Labute approximate surface area is 177 Å². The zero-order valence-corrected chi connectivity index (χ0v) is 18.0. The quantitative estimate of drug-likeness (QED) is 0.762. The molecule has 4 rings (SSSR count). The van der Waals surface area contributed by atoms with E-state index in [2.05, 4.69) is 41.0 Å². The predicted molar refractivity (Wildman–Crippen MR) is 118 cm³/mol. The van der Waals surface area contributed by atoms with Crippen LogP contribution in [0, 0.1) is 11.3 Å². The van der Waals surface area contributed by atoms with Crippen molar-refractivity contribution in [1.82, 2.24) is 10.2 Å². The normalized spacial score (nSPS) is 22.2. The van der Waals surface area contributed by atoms with Gasteiger partial charge >= 0.3 is 0 Å². The molecule has 1 atom stereocenters. The van der Waals surface area contributed by atoms with E-state index < -0.39 is 5.41 Å². The summed E-state index contributed by atoms with van der Waals surface area (Å²) in [4.78, 5) is 29.4. The highest BCUT2D eigenvalue weighted by atomic mass is 32.1. The molecule has 0 radical (unpaired) electrons. The molecule has 29 heavy (non-hydrogen) atoms. The first-order valence-electron chi connectivity index (χ1n) is 10.8. The van der Waals surface area contributed by atoms with Gasteiger partial charge in [0.1, 0.15) is 0 Å². The highest BCUT2D eigenvalue weighted by Crippen LogP contribution is 2.39. The molecule has 1 aromatic heterocycles. The Morgan fingerprint density at radius 3 is 2.69 bits per heavy atom. The standard InChI is InChI=1S/C24H30N2O2S/c1-2-25-23(28)24(13-14-26(17-24)22(27)18-8-3-4-9-18)16-19-10-5-6-11-20(19)21-12-7-15-29-21/h5-7,10-12,15,18H,2-4,8-9,13-14,16-17H2,1H3,(H,25,28)/t24-/m1/s1. The molecule has 0 bridgehead atoms. The lowest BCUT2D eigenvalue weighted by Crippen LogP contribution is -2.45. The molecule has 0 unspecified atom stereocenters. The largest absolute Gasteiger partial charge is 0.356 e. The van der Waals surface area contributed by atoms with E-state index in [1.54, 1.807) is 11.3 Å². The highest BCUT2D eigenvalue weighted by Gasteiger charge is 2.47. The predicted octanol–water partition coefficient (Wildman–Crippen LogP) is 4.50. The minimum Gasteiger partial charge on any atom is -0.356 e. The Morgan fingerprint density at radius 2 is 1.97 bits per heavy atom. The zero-order valence-electron chi connectivity index (χ0n) is 17.2. The summed E-state index contributed by atoms with van der Waals surface area (Å²) >= 11 is 1.72. The maximum absolute atomic E-state index is 13.2. The second-order valence-electron chi connectivity index (χ2n) is 8.44.